The number of aliphatic hydroxyl groups is 1. The number of oxazole rings is 1. The van der Waals surface area contributed by atoms with E-state index in [1.807, 2.05) is 78.9 Å². The summed E-state index contributed by atoms with van der Waals surface area (Å²) in [5.41, 5.74) is 6.81. The Hall–Kier alpha value is -4.15. The van der Waals surface area contributed by atoms with Crippen LogP contribution in [0.3, 0.4) is 0 Å². The number of nitrogens with zero attached hydrogens (tertiary/aromatic N) is 1. The lowest BCUT2D eigenvalue weighted by molar-refractivity contribution is 0.278. The van der Waals surface area contributed by atoms with E-state index in [0.717, 1.165) is 39.3 Å². The van der Waals surface area contributed by atoms with Crippen molar-refractivity contribution in [2.75, 3.05) is 0 Å². The molecule has 0 aliphatic heterocycles. The van der Waals surface area contributed by atoms with Crippen molar-refractivity contribution in [3.63, 3.8) is 0 Å². The van der Waals surface area contributed by atoms with Crippen molar-refractivity contribution in [1.82, 2.24) is 4.98 Å². The predicted octanol–water partition coefficient (Wildman–Crippen LogP) is 6.75. The van der Waals surface area contributed by atoms with Gasteiger partial charge in [-0.05, 0) is 46.5 Å². The molecular weight excluding hydrogens is 410 g/mol. The normalized spacial score (nSPS) is 10.8. The Kier molecular flexibility index (Phi) is 6.00. The first-order valence-corrected chi connectivity index (χ1v) is 10.8. The first kappa shape index (κ1) is 20.7. The minimum absolute atomic E-state index is 0.0121. The highest BCUT2D eigenvalue weighted by molar-refractivity contribution is 5.69. The van der Waals surface area contributed by atoms with Gasteiger partial charge < -0.3 is 14.3 Å². The molecule has 0 radical (unpaired) electrons. The molecule has 4 nitrogen and oxygen atoms in total. The Morgan fingerprint density at radius 2 is 1.45 bits per heavy atom. The number of ether oxygens (including phenoxy) is 1. The van der Waals surface area contributed by atoms with Crippen molar-refractivity contribution < 1.29 is 14.3 Å². The van der Waals surface area contributed by atoms with E-state index < -0.39 is 0 Å². The Labute approximate surface area is 192 Å². The summed E-state index contributed by atoms with van der Waals surface area (Å²) in [5.74, 6) is 1.30. The van der Waals surface area contributed by atoms with E-state index in [-0.39, 0.29) is 6.61 Å². The zero-order valence-electron chi connectivity index (χ0n) is 18.0. The lowest BCUT2D eigenvalue weighted by Gasteiger charge is -2.10. The van der Waals surface area contributed by atoms with Gasteiger partial charge in [0.15, 0.2) is 0 Å². The summed E-state index contributed by atoms with van der Waals surface area (Å²) >= 11 is 0. The van der Waals surface area contributed by atoms with Crippen LogP contribution >= 0.6 is 0 Å². The first-order valence-electron chi connectivity index (χ1n) is 10.8. The lowest BCUT2D eigenvalue weighted by atomic mass is 10.0. The van der Waals surface area contributed by atoms with E-state index in [4.69, 9.17) is 14.1 Å². The topological polar surface area (TPSA) is 55.5 Å². The Bertz CT molecular complexity index is 1340. The van der Waals surface area contributed by atoms with Crippen LogP contribution in [0.2, 0.25) is 0 Å². The fourth-order valence-corrected chi connectivity index (χ4v) is 3.76. The molecule has 0 bridgehead atoms. The minimum Gasteiger partial charge on any atom is -0.489 e. The molecule has 5 aromatic rings. The van der Waals surface area contributed by atoms with Gasteiger partial charge in [0.05, 0.1) is 6.61 Å². The van der Waals surface area contributed by atoms with Gasteiger partial charge in [0.25, 0.3) is 0 Å². The Morgan fingerprint density at radius 3 is 2.27 bits per heavy atom. The Balaban J connectivity index is 1.36. The summed E-state index contributed by atoms with van der Waals surface area (Å²) in [7, 11) is 0. The molecule has 33 heavy (non-hydrogen) atoms. The number of hydrogen-bond acceptors (Lipinski definition) is 4. The van der Waals surface area contributed by atoms with Gasteiger partial charge >= 0.3 is 0 Å². The van der Waals surface area contributed by atoms with Gasteiger partial charge in [0.2, 0.25) is 5.89 Å². The quantitative estimate of drug-likeness (QED) is 0.309. The number of benzene rings is 4. The highest BCUT2D eigenvalue weighted by Gasteiger charge is 2.12. The smallest absolute Gasteiger partial charge is 0.226 e. The molecule has 0 fully saturated rings. The summed E-state index contributed by atoms with van der Waals surface area (Å²) in [6.45, 7) is 0.376. The van der Waals surface area contributed by atoms with Crippen LogP contribution < -0.4 is 4.74 Å². The fourth-order valence-electron chi connectivity index (χ4n) is 3.76. The molecule has 5 rings (SSSR count). The van der Waals surface area contributed by atoms with Gasteiger partial charge in [0, 0.05) is 11.1 Å². The van der Waals surface area contributed by atoms with Crippen molar-refractivity contribution >= 4 is 0 Å². The van der Waals surface area contributed by atoms with Crippen LogP contribution in [0.5, 0.6) is 5.75 Å². The number of hydrogen-bond donors (Lipinski definition) is 1. The zero-order valence-corrected chi connectivity index (χ0v) is 18.0. The number of rotatable bonds is 7. The van der Waals surface area contributed by atoms with E-state index >= 15 is 0 Å². The average Bonchev–Trinajstić information content (AvgIpc) is 3.39. The van der Waals surface area contributed by atoms with E-state index in [1.165, 1.54) is 5.56 Å². The van der Waals surface area contributed by atoms with Gasteiger partial charge in [-0.15, -0.1) is 0 Å². The van der Waals surface area contributed by atoms with Crippen molar-refractivity contribution in [3.05, 3.63) is 121 Å². The van der Waals surface area contributed by atoms with Gasteiger partial charge in [-0.25, -0.2) is 4.98 Å². The second kappa shape index (κ2) is 9.55. The van der Waals surface area contributed by atoms with Crippen molar-refractivity contribution in [2.45, 2.75) is 13.2 Å². The SMILES string of the molecule is OCc1cccc(OCc2ccccc2-c2coc(-c3ccc(-c4ccccc4)cc3)n2)c1. The largest absolute Gasteiger partial charge is 0.489 e. The van der Waals surface area contributed by atoms with Crippen molar-refractivity contribution in [2.24, 2.45) is 0 Å². The highest BCUT2D eigenvalue weighted by Crippen LogP contribution is 2.29. The van der Waals surface area contributed by atoms with Crippen LogP contribution in [0.25, 0.3) is 33.8 Å². The van der Waals surface area contributed by atoms with E-state index in [1.54, 1.807) is 6.26 Å². The molecule has 0 aliphatic carbocycles. The van der Waals surface area contributed by atoms with Crippen LogP contribution in [-0.4, -0.2) is 10.1 Å². The maximum Gasteiger partial charge on any atom is 0.226 e. The number of aromatic nitrogens is 1. The molecule has 1 heterocycles. The van der Waals surface area contributed by atoms with Gasteiger partial charge in [0.1, 0.15) is 24.3 Å². The molecule has 0 spiro atoms. The van der Waals surface area contributed by atoms with Crippen molar-refractivity contribution in [3.8, 4) is 39.6 Å². The maximum absolute atomic E-state index is 9.34. The molecule has 0 saturated heterocycles. The third kappa shape index (κ3) is 4.71. The standard InChI is InChI=1S/C29H23NO3/c31-18-21-7-6-11-26(17-21)32-19-25-10-4-5-12-27(25)28-20-33-29(30-28)24-15-13-23(14-16-24)22-8-2-1-3-9-22/h1-17,20,31H,18-19H2. The van der Waals surface area contributed by atoms with Crippen LogP contribution in [0, 0.1) is 0 Å². The summed E-state index contributed by atoms with van der Waals surface area (Å²) in [6.07, 6.45) is 1.69. The molecule has 4 aromatic carbocycles. The maximum atomic E-state index is 9.34. The summed E-state index contributed by atoms with van der Waals surface area (Å²) in [6, 6.07) is 34.0. The fraction of sp³-hybridized carbons (Fsp3) is 0.0690. The average molecular weight is 434 g/mol. The van der Waals surface area contributed by atoms with E-state index in [2.05, 4.69) is 24.3 Å². The van der Waals surface area contributed by atoms with Crippen LogP contribution in [0.1, 0.15) is 11.1 Å². The molecule has 0 amide bonds. The molecule has 0 saturated carbocycles. The van der Waals surface area contributed by atoms with E-state index in [0.29, 0.717) is 12.5 Å². The third-order valence-corrected chi connectivity index (χ3v) is 5.51. The second-order valence-corrected chi connectivity index (χ2v) is 7.73. The first-order chi connectivity index (χ1) is 16.3. The summed E-state index contributed by atoms with van der Waals surface area (Å²) in [4.78, 5) is 4.74. The highest BCUT2D eigenvalue weighted by atomic mass is 16.5. The van der Waals surface area contributed by atoms with Gasteiger partial charge in [-0.2, -0.15) is 0 Å². The number of aliphatic hydroxyl groups excluding tert-OH is 1. The molecular formula is C29H23NO3. The molecule has 162 valence electrons. The van der Waals surface area contributed by atoms with Crippen molar-refractivity contribution in [1.29, 1.82) is 0 Å². The van der Waals surface area contributed by atoms with Gasteiger partial charge in [-0.3, -0.25) is 0 Å². The predicted molar refractivity (Wildman–Crippen MR) is 130 cm³/mol. The third-order valence-electron chi connectivity index (χ3n) is 5.51. The monoisotopic (exact) mass is 433 g/mol. The zero-order chi connectivity index (χ0) is 22.5. The second-order valence-electron chi connectivity index (χ2n) is 7.73. The summed E-state index contributed by atoms with van der Waals surface area (Å²) < 4.78 is 11.8. The molecule has 1 N–H and O–H groups in total. The molecule has 4 heteroatoms. The minimum atomic E-state index is -0.0121. The van der Waals surface area contributed by atoms with Crippen LogP contribution in [0.4, 0.5) is 0 Å². The molecule has 0 aliphatic rings. The van der Waals surface area contributed by atoms with E-state index in [9.17, 15) is 5.11 Å². The van der Waals surface area contributed by atoms with Gasteiger partial charge in [-0.1, -0.05) is 78.9 Å². The van der Waals surface area contributed by atoms with Crippen LogP contribution in [0.15, 0.2) is 114 Å². The molecule has 0 atom stereocenters. The summed E-state index contributed by atoms with van der Waals surface area (Å²) in [5, 5.41) is 9.34. The molecule has 0 unspecified atom stereocenters. The van der Waals surface area contributed by atoms with Crippen LogP contribution in [-0.2, 0) is 13.2 Å². The molecule has 1 aromatic heterocycles. The lowest BCUT2D eigenvalue weighted by Crippen LogP contribution is -1.98. The Morgan fingerprint density at radius 1 is 0.727 bits per heavy atom.